The van der Waals surface area contributed by atoms with Gasteiger partial charge in [-0.3, -0.25) is 0 Å². The van der Waals surface area contributed by atoms with Crippen LogP contribution in [-0.2, 0) is 11.3 Å². The smallest absolute Gasteiger partial charge is 0.173 e. The molecule has 1 unspecified atom stereocenters. The second kappa shape index (κ2) is 5.49. The average molecular weight is 227 g/mol. The third kappa shape index (κ3) is 3.19. The lowest BCUT2D eigenvalue weighted by atomic mass is 10.2. The number of methoxy groups -OCH3 is 1. The van der Waals surface area contributed by atoms with Crippen molar-refractivity contribution in [2.45, 2.75) is 25.5 Å². The topological polar surface area (TPSA) is 30.5 Å². The van der Waals surface area contributed by atoms with Gasteiger partial charge in [0.05, 0.1) is 13.2 Å². The molecule has 0 saturated carbocycles. The van der Waals surface area contributed by atoms with E-state index in [-0.39, 0.29) is 0 Å². The van der Waals surface area contributed by atoms with Crippen molar-refractivity contribution in [3.63, 3.8) is 0 Å². The fourth-order valence-electron chi connectivity index (χ4n) is 1.72. The van der Waals surface area contributed by atoms with E-state index in [1.165, 1.54) is 17.7 Å². The first kappa shape index (κ1) is 10.9. The molecule has 1 aromatic heterocycles. The van der Waals surface area contributed by atoms with Gasteiger partial charge in [0.2, 0.25) is 0 Å². The molecule has 15 heavy (non-hydrogen) atoms. The maximum absolute atomic E-state index is 5.53. The van der Waals surface area contributed by atoms with Crippen LogP contribution in [0.25, 0.3) is 0 Å². The standard InChI is InChI=1S/C11H17NO2S/c1-13-11-5-4-10(15-11)8-12-7-9-3-2-6-14-9/h4-5,9,12H,2-3,6-8H2,1H3. The van der Waals surface area contributed by atoms with Crippen molar-refractivity contribution in [2.75, 3.05) is 20.3 Å². The number of nitrogens with one attached hydrogen (secondary N) is 1. The number of hydrogen-bond acceptors (Lipinski definition) is 4. The molecule has 1 atom stereocenters. The van der Waals surface area contributed by atoms with E-state index in [1.54, 1.807) is 18.4 Å². The molecule has 0 spiro atoms. The summed E-state index contributed by atoms with van der Waals surface area (Å²) < 4.78 is 10.7. The molecule has 2 heterocycles. The zero-order valence-electron chi connectivity index (χ0n) is 8.99. The van der Waals surface area contributed by atoms with Crippen molar-refractivity contribution < 1.29 is 9.47 Å². The quantitative estimate of drug-likeness (QED) is 0.835. The van der Waals surface area contributed by atoms with Crippen molar-refractivity contribution in [2.24, 2.45) is 0 Å². The summed E-state index contributed by atoms with van der Waals surface area (Å²) in [5, 5.41) is 4.39. The summed E-state index contributed by atoms with van der Waals surface area (Å²) in [7, 11) is 1.70. The lowest BCUT2D eigenvalue weighted by Crippen LogP contribution is -2.25. The molecule has 3 nitrogen and oxygen atoms in total. The van der Waals surface area contributed by atoms with Crippen LogP contribution in [-0.4, -0.2) is 26.4 Å². The number of hydrogen-bond donors (Lipinski definition) is 1. The fraction of sp³-hybridized carbons (Fsp3) is 0.636. The van der Waals surface area contributed by atoms with Crippen LogP contribution in [0.2, 0.25) is 0 Å². The lowest BCUT2D eigenvalue weighted by molar-refractivity contribution is 0.110. The Bertz CT molecular complexity index is 295. The van der Waals surface area contributed by atoms with E-state index < -0.39 is 0 Å². The Morgan fingerprint density at radius 2 is 2.53 bits per heavy atom. The third-order valence-electron chi connectivity index (χ3n) is 2.53. The van der Waals surface area contributed by atoms with Gasteiger partial charge in [-0.25, -0.2) is 0 Å². The minimum absolute atomic E-state index is 0.423. The van der Waals surface area contributed by atoms with E-state index in [2.05, 4.69) is 11.4 Å². The summed E-state index contributed by atoms with van der Waals surface area (Å²) >= 11 is 1.69. The molecule has 84 valence electrons. The molecule has 1 saturated heterocycles. The van der Waals surface area contributed by atoms with E-state index in [0.717, 1.165) is 24.8 Å². The van der Waals surface area contributed by atoms with Gasteiger partial charge in [-0.15, -0.1) is 11.3 Å². The van der Waals surface area contributed by atoms with Gasteiger partial charge in [0.25, 0.3) is 0 Å². The van der Waals surface area contributed by atoms with Crippen LogP contribution in [0, 0.1) is 0 Å². The van der Waals surface area contributed by atoms with Gasteiger partial charge >= 0.3 is 0 Å². The highest BCUT2D eigenvalue weighted by Gasteiger charge is 2.14. The lowest BCUT2D eigenvalue weighted by Gasteiger charge is -2.09. The minimum atomic E-state index is 0.423. The van der Waals surface area contributed by atoms with Crippen molar-refractivity contribution >= 4 is 11.3 Å². The molecule has 1 N–H and O–H groups in total. The molecule has 4 heteroatoms. The van der Waals surface area contributed by atoms with Crippen LogP contribution < -0.4 is 10.1 Å². The van der Waals surface area contributed by atoms with Crippen LogP contribution in [0.3, 0.4) is 0 Å². The third-order valence-corrected chi connectivity index (χ3v) is 3.58. The number of ether oxygens (including phenoxy) is 2. The van der Waals surface area contributed by atoms with Crippen LogP contribution >= 0.6 is 11.3 Å². The predicted molar refractivity (Wildman–Crippen MR) is 61.6 cm³/mol. The number of thiophene rings is 1. The molecule has 1 aliphatic rings. The first-order chi connectivity index (χ1) is 7.38. The van der Waals surface area contributed by atoms with Gasteiger partial charge in [0.1, 0.15) is 0 Å². The zero-order valence-corrected chi connectivity index (χ0v) is 9.81. The summed E-state index contributed by atoms with van der Waals surface area (Å²) in [5.41, 5.74) is 0. The summed E-state index contributed by atoms with van der Waals surface area (Å²) in [4.78, 5) is 1.31. The maximum Gasteiger partial charge on any atom is 0.173 e. The Morgan fingerprint density at radius 1 is 1.60 bits per heavy atom. The molecule has 2 rings (SSSR count). The maximum atomic E-state index is 5.53. The van der Waals surface area contributed by atoms with E-state index >= 15 is 0 Å². The van der Waals surface area contributed by atoms with Gasteiger partial charge in [-0.2, -0.15) is 0 Å². The Hall–Kier alpha value is -0.580. The Balaban J connectivity index is 1.68. The normalized spacial score (nSPS) is 20.7. The van der Waals surface area contributed by atoms with Gasteiger partial charge in [0, 0.05) is 24.6 Å². The minimum Gasteiger partial charge on any atom is -0.487 e. The summed E-state index contributed by atoms with van der Waals surface area (Å²) in [6, 6.07) is 4.11. The van der Waals surface area contributed by atoms with E-state index in [1.807, 2.05) is 6.07 Å². The van der Waals surface area contributed by atoms with Crippen molar-refractivity contribution in [3.8, 4) is 5.06 Å². The molecule has 0 aromatic carbocycles. The first-order valence-corrected chi connectivity index (χ1v) is 6.15. The molecule has 0 radical (unpaired) electrons. The largest absolute Gasteiger partial charge is 0.487 e. The van der Waals surface area contributed by atoms with Crippen LogP contribution in [0.15, 0.2) is 12.1 Å². The molecule has 0 amide bonds. The number of rotatable bonds is 5. The Morgan fingerprint density at radius 3 is 3.20 bits per heavy atom. The molecular formula is C11H17NO2S. The first-order valence-electron chi connectivity index (χ1n) is 5.33. The van der Waals surface area contributed by atoms with Crippen molar-refractivity contribution in [1.82, 2.24) is 5.32 Å². The second-order valence-electron chi connectivity index (χ2n) is 3.69. The zero-order chi connectivity index (χ0) is 10.5. The Kier molecular flexibility index (Phi) is 4.00. The predicted octanol–water partition coefficient (Wildman–Crippen LogP) is 2.03. The van der Waals surface area contributed by atoms with Crippen LogP contribution in [0.4, 0.5) is 0 Å². The fourth-order valence-corrected chi connectivity index (χ4v) is 2.51. The van der Waals surface area contributed by atoms with Crippen LogP contribution in [0.5, 0.6) is 5.06 Å². The average Bonchev–Trinajstić information content (AvgIpc) is 2.88. The molecule has 0 aliphatic carbocycles. The molecule has 1 aliphatic heterocycles. The molecule has 1 fully saturated rings. The van der Waals surface area contributed by atoms with Gasteiger partial charge in [0.15, 0.2) is 5.06 Å². The Labute approximate surface area is 94.4 Å². The van der Waals surface area contributed by atoms with Gasteiger partial charge < -0.3 is 14.8 Å². The van der Waals surface area contributed by atoms with Crippen molar-refractivity contribution in [3.05, 3.63) is 17.0 Å². The highest BCUT2D eigenvalue weighted by atomic mass is 32.1. The summed E-state index contributed by atoms with van der Waals surface area (Å²) in [5.74, 6) is 0. The van der Waals surface area contributed by atoms with E-state index in [9.17, 15) is 0 Å². The van der Waals surface area contributed by atoms with E-state index in [4.69, 9.17) is 9.47 Å². The molecular weight excluding hydrogens is 210 g/mol. The van der Waals surface area contributed by atoms with Crippen molar-refractivity contribution in [1.29, 1.82) is 0 Å². The molecule has 1 aromatic rings. The van der Waals surface area contributed by atoms with Gasteiger partial charge in [-0.1, -0.05) is 0 Å². The highest BCUT2D eigenvalue weighted by Crippen LogP contribution is 2.23. The van der Waals surface area contributed by atoms with Gasteiger partial charge in [-0.05, 0) is 25.0 Å². The molecule has 0 bridgehead atoms. The summed E-state index contributed by atoms with van der Waals surface area (Å²) in [6.45, 7) is 2.80. The second-order valence-corrected chi connectivity index (χ2v) is 4.82. The van der Waals surface area contributed by atoms with Crippen LogP contribution in [0.1, 0.15) is 17.7 Å². The SMILES string of the molecule is COc1ccc(CNCC2CCCO2)s1. The summed E-state index contributed by atoms with van der Waals surface area (Å²) in [6.07, 6.45) is 2.83. The highest BCUT2D eigenvalue weighted by molar-refractivity contribution is 7.13. The monoisotopic (exact) mass is 227 g/mol. The van der Waals surface area contributed by atoms with E-state index in [0.29, 0.717) is 6.10 Å².